The van der Waals surface area contributed by atoms with Crippen LogP contribution in [0, 0.1) is 23.7 Å². The number of carbonyl (C=O) groups excluding carboxylic acids is 2. The van der Waals surface area contributed by atoms with Gasteiger partial charge in [-0.05, 0) is 38.0 Å². The van der Waals surface area contributed by atoms with Gasteiger partial charge in [0.25, 0.3) is 0 Å². The van der Waals surface area contributed by atoms with Gasteiger partial charge in [0.05, 0.1) is 0 Å². The zero-order valence-electron chi connectivity index (χ0n) is 12.7. The molecule has 4 saturated carbocycles. The quantitative estimate of drug-likeness (QED) is 0.631. The molecule has 0 aromatic heterocycles. The first-order valence-corrected chi connectivity index (χ1v) is 8.85. The third-order valence-corrected chi connectivity index (χ3v) is 6.67. The molecule has 5 nitrogen and oxygen atoms in total. The Balaban J connectivity index is 1.83. The molecule has 4 fully saturated rings. The number of hydrogen-bond donors (Lipinski definition) is 1. The topological polar surface area (TPSA) is 80.7 Å². The summed E-state index contributed by atoms with van der Waals surface area (Å²) in [5, 5.41) is -2.92. The van der Waals surface area contributed by atoms with Gasteiger partial charge in [-0.2, -0.15) is 0 Å². The molecule has 4 atom stereocenters. The Hall–Kier alpha value is -0.820. The number of alkyl halides is 1. The highest BCUT2D eigenvalue weighted by atomic mass is 32.2. The molecule has 0 aliphatic heterocycles. The molecular formula is C15H21FO5S. The van der Waals surface area contributed by atoms with Crippen LogP contribution >= 0.6 is 0 Å². The van der Waals surface area contributed by atoms with Crippen LogP contribution in [0.25, 0.3) is 0 Å². The van der Waals surface area contributed by atoms with Crippen LogP contribution in [-0.4, -0.2) is 31.1 Å². The van der Waals surface area contributed by atoms with E-state index < -0.39 is 33.6 Å². The highest BCUT2D eigenvalue weighted by molar-refractivity contribution is 7.81. The van der Waals surface area contributed by atoms with Crippen LogP contribution < -0.4 is 0 Å². The molecule has 4 aliphatic carbocycles. The number of ketones is 1. The van der Waals surface area contributed by atoms with E-state index in [0.29, 0.717) is 25.2 Å². The SMILES string of the molecule is CC(C)C(F)(C(=O)OC12CC3CC(C1)C(=O)C(C3)C2)S(=O)O. The van der Waals surface area contributed by atoms with Crippen molar-refractivity contribution < 1.29 is 27.5 Å². The summed E-state index contributed by atoms with van der Waals surface area (Å²) in [5.74, 6) is -1.88. The maximum Gasteiger partial charge on any atom is 0.360 e. The van der Waals surface area contributed by atoms with Crippen molar-refractivity contribution in [3.8, 4) is 0 Å². The van der Waals surface area contributed by atoms with Gasteiger partial charge >= 0.3 is 11.0 Å². The number of ether oxygens (including phenoxy) is 1. The van der Waals surface area contributed by atoms with Gasteiger partial charge in [0.2, 0.25) is 11.1 Å². The van der Waals surface area contributed by atoms with E-state index in [-0.39, 0.29) is 17.6 Å². The van der Waals surface area contributed by atoms with E-state index in [1.807, 2.05) is 0 Å². The lowest BCUT2D eigenvalue weighted by molar-refractivity contribution is -0.196. The van der Waals surface area contributed by atoms with Gasteiger partial charge in [-0.1, -0.05) is 13.8 Å². The third-order valence-electron chi connectivity index (χ3n) is 5.52. The Labute approximate surface area is 131 Å². The highest BCUT2D eigenvalue weighted by Crippen LogP contribution is 2.56. The van der Waals surface area contributed by atoms with E-state index in [1.165, 1.54) is 13.8 Å². The van der Waals surface area contributed by atoms with Gasteiger partial charge < -0.3 is 9.29 Å². The van der Waals surface area contributed by atoms with Gasteiger partial charge in [0.15, 0.2) is 0 Å². The molecule has 0 radical (unpaired) electrons. The summed E-state index contributed by atoms with van der Waals surface area (Å²) >= 11 is -2.96. The Morgan fingerprint density at radius 2 is 1.91 bits per heavy atom. The minimum absolute atomic E-state index is 0.105. The van der Waals surface area contributed by atoms with Crippen LogP contribution in [-0.2, 0) is 25.4 Å². The molecule has 4 aliphatic rings. The molecule has 22 heavy (non-hydrogen) atoms. The predicted molar refractivity (Wildman–Crippen MR) is 76.8 cm³/mol. The molecule has 0 spiro atoms. The van der Waals surface area contributed by atoms with Crippen LogP contribution in [0.1, 0.15) is 46.0 Å². The average Bonchev–Trinajstić information content (AvgIpc) is 2.41. The first-order chi connectivity index (χ1) is 10.2. The van der Waals surface area contributed by atoms with E-state index in [0.717, 1.165) is 12.8 Å². The van der Waals surface area contributed by atoms with Gasteiger partial charge in [0, 0.05) is 17.8 Å². The van der Waals surface area contributed by atoms with Crippen molar-refractivity contribution in [1.29, 1.82) is 0 Å². The molecule has 4 rings (SSSR count). The Kier molecular flexibility index (Phi) is 3.72. The van der Waals surface area contributed by atoms with Crippen LogP contribution in [0.2, 0.25) is 0 Å². The fourth-order valence-corrected chi connectivity index (χ4v) is 5.16. The lowest BCUT2D eigenvalue weighted by atomic mass is 9.53. The van der Waals surface area contributed by atoms with Crippen LogP contribution in [0.5, 0.6) is 0 Å². The van der Waals surface area contributed by atoms with Gasteiger partial charge in [-0.25, -0.2) is 13.4 Å². The molecule has 124 valence electrons. The van der Waals surface area contributed by atoms with Crippen molar-refractivity contribution in [2.24, 2.45) is 23.7 Å². The molecule has 0 aromatic rings. The molecule has 0 aromatic carbocycles. The van der Waals surface area contributed by atoms with E-state index >= 15 is 0 Å². The fraction of sp³-hybridized carbons (Fsp3) is 0.867. The maximum atomic E-state index is 14.7. The minimum Gasteiger partial charge on any atom is -0.456 e. The fourth-order valence-electron chi connectivity index (χ4n) is 4.58. The lowest BCUT2D eigenvalue weighted by Crippen LogP contribution is -2.59. The number of carbonyl (C=O) groups is 2. The molecule has 1 N–H and O–H groups in total. The average molecular weight is 332 g/mol. The van der Waals surface area contributed by atoms with Crippen LogP contribution in [0.4, 0.5) is 4.39 Å². The largest absolute Gasteiger partial charge is 0.456 e. The van der Waals surface area contributed by atoms with Gasteiger partial charge in [0.1, 0.15) is 11.4 Å². The molecule has 0 amide bonds. The summed E-state index contributed by atoms with van der Waals surface area (Å²) < 4.78 is 40.7. The van der Waals surface area contributed by atoms with Crippen molar-refractivity contribution in [2.45, 2.75) is 56.6 Å². The van der Waals surface area contributed by atoms with E-state index in [2.05, 4.69) is 0 Å². The molecular weight excluding hydrogens is 311 g/mol. The van der Waals surface area contributed by atoms with Crippen molar-refractivity contribution >= 4 is 22.8 Å². The maximum absolute atomic E-state index is 14.7. The lowest BCUT2D eigenvalue weighted by Gasteiger charge is -2.54. The third kappa shape index (κ3) is 2.24. The number of Topliss-reactive ketones (excluding diaryl/α,β-unsaturated/α-hetero) is 1. The number of hydrogen-bond acceptors (Lipinski definition) is 4. The Bertz CT molecular complexity index is 530. The zero-order chi connectivity index (χ0) is 16.3. The van der Waals surface area contributed by atoms with E-state index in [9.17, 15) is 22.7 Å². The van der Waals surface area contributed by atoms with Crippen molar-refractivity contribution in [2.75, 3.05) is 0 Å². The Morgan fingerprint density at radius 1 is 1.36 bits per heavy atom. The molecule has 4 unspecified atom stereocenters. The van der Waals surface area contributed by atoms with Crippen molar-refractivity contribution in [1.82, 2.24) is 0 Å². The predicted octanol–water partition coefficient (Wildman–Crippen LogP) is 2.22. The van der Waals surface area contributed by atoms with Gasteiger partial charge in [-0.15, -0.1) is 0 Å². The second kappa shape index (κ2) is 5.09. The normalized spacial score (nSPS) is 40.6. The number of rotatable bonds is 4. The highest BCUT2D eigenvalue weighted by Gasteiger charge is 2.60. The smallest absolute Gasteiger partial charge is 0.360 e. The second-order valence-electron chi connectivity index (χ2n) is 7.37. The zero-order valence-corrected chi connectivity index (χ0v) is 13.5. The summed E-state index contributed by atoms with van der Waals surface area (Å²) in [4.78, 5) is 24.4. The summed E-state index contributed by atoms with van der Waals surface area (Å²) in [7, 11) is 0. The second-order valence-corrected chi connectivity index (χ2v) is 8.46. The molecule has 4 bridgehead atoms. The van der Waals surface area contributed by atoms with Crippen molar-refractivity contribution in [3.05, 3.63) is 0 Å². The van der Waals surface area contributed by atoms with E-state index in [4.69, 9.17) is 4.74 Å². The van der Waals surface area contributed by atoms with Gasteiger partial charge in [-0.3, -0.25) is 4.79 Å². The summed E-state index contributed by atoms with van der Waals surface area (Å²) in [6, 6.07) is 0. The monoisotopic (exact) mass is 332 g/mol. The summed E-state index contributed by atoms with van der Waals surface area (Å²) in [6.07, 6.45) is 3.13. The number of halogens is 1. The first kappa shape index (κ1) is 16.1. The molecule has 0 heterocycles. The van der Waals surface area contributed by atoms with E-state index in [1.54, 1.807) is 0 Å². The number of esters is 1. The standard InChI is InChI=1S/C15H21FO5S/c1-8(2)15(16,22(19)20)13(18)21-14-5-9-3-10(6-14)12(17)11(4-9)7-14/h8-11H,3-7H2,1-2H3,(H,19,20). The first-order valence-electron chi connectivity index (χ1n) is 7.75. The Morgan fingerprint density at radius 3 is 2.36 bits per heavy atom. The van der Waals surface area contributed by atoms with Crippen LogP contribution in [0.15, 0.2) is 0 Å². The summed E-state index contributed by atoms with van der Waals surface area (Å²) in [5.41, 5.74) is -0.826. The molecule has 0 saturated heterocycles. The van der Waals surface area contributed by atoms with Crippen LogP contribution in [0.3, 0.4) is 0 Å². The minimum atomic E-state index is -2.96. The summed E-state index contributed by atoms with van der Waals surface area (Å²) in [6.45, 7) is 2.75. The molecule has 7 heteroatoms. The van der Waals surface area contributed by atoms with Crippen molar-refractivity contribution in [3.63, 3.8) is 0 Å².